The van der Waals surface area contributed by atoms with Crippen LogP contribution in [0.5, 0.6) is 0 Å². The predicted molar refractivity (Wildman–Crippen MR) is 44.9 cm³/mol. The van der Waals surface area contributed by atoms with Crippen LogP contribution in [0.4, 0.5) is 0 Å². The fraction of sp³-hybridized carbons (Fsp3) is 0.167. The molecule has 10 heavy (non-hydrogen) atoms. The first-order chi connectivity index (χ1) is 4.68. The van der Waals surface area contributed by atoms with Gasteiger partial charge in [-0.1, -0.05) is 0 Å². The van der Waals surface area contributed by atoms with Gasteiger partial charge in [-0.15, -0.1) is 11.3 Å². The summed E-state index contributed by atoms with van der Waals surface area (Å²) in [5, 5.41) is 1.91. The number of hydrogen-bond donors (Lipinski definition) is 1. The Balaban J connectivity index is 2.67. The number of amides is 1. The number of thiophene rings is 1. The normalized spacial score (nSPS) is 9.70. The number of carbonyl (C=O) groups excluding carboxylic acids is 1. The smallest absolute Gasteiger partial charge is 0.221 e. The zero-order valence-corrected chi connectivity index (χ0v) is 7.54. The molecule has 1 aromatic rings. The second kappa shape index (κ2) is 3.16. The van der Waals surface area contributed by atoms with Crippen molar-refractivity contribution in [2.75, 3.05) is 0 Å². The lowest BCUT2D eigenvalue weighted by atomic mass is 10.2. The van der Waals surface area contributed by atoms with Crippen LogP contribution in [0.25, 0.3) is 0 Å². The molecular formula is C6H6BrNOS. The highest BCUT2D eigenvalue weighted by atomic mass is 79.9. The third-order valence-electron chi connectivity index (χ3n) is 1.00. The lowest BCUT2D eigenvalue weighted by Gasteiger charge is -1.87. The topological polar surface area (TPSA) is 43.1 Å². The summed E-state index contributed by atoms with van der Waals surface area (Å²) in [5.41, 5.74) is 5.96. The molecule has 1 heterocycles. The fourth-order valence-corrected chi connectivity index (χ4v) is 1.85. The summed E-state index contributed by atoms with van der Waals surface area (Å²) in [6.07, 6.45) is 0.335. The number of hydrogen-bond acceptors (Lipinski definition) is 2. The van der Waals surface area contributed by atoms with E-state index in [0.717, 1.165) is 9.35 Å². The van der Waals surface area contributed by atoms with Gasteiger partial charge in [0.05, 0.1) is 10.2 Å². The summed E-state index contributed by atoms with van der Waals surface area (Å²) >= 11 is 4.84. The second-order valence-electron chi connectivity index (χ2n) is 1.90. The summed E-state index contributed by atoms with van der Waals surface area (Å²) < 4.78 is 1.03. The van der Waals surface area contributed by atoms with E-state index in [1.54, 1.807) is 11.3 Å². The van der Waals surface area contributed by atoms with Gasteiger partial charge in [0.15, 0.2) is 0 Å². The third kappa shape index (κ3) is 2.11. The zero-order valence-electron chi connectivity index (χ0n) is 5.13. The van der Waals surface area contributed by atoms with Gasteiger partial charge in [-0.3, -0.25) is 4.79 Å². The van der Waals surface area contributed by atoms with Gasteiger partial charge in [0.25, 0.3) is 0 Å². The van der Waals surface area contributed by atoms with E-state index in [1.807, 2.05) is 11.4 Å². The average molecular weight is 220 g/mol. The molecule has 0 saturated carbocycles. The van der Waals surface area contributed by atoms with Gasteiger partial charge < -0.3 is 5.73 Å². The molecule has 0 spiro atoms. The second-order valence-corrected chi connectivity index (χ2v) is 4.19. The monoisotopic (exact) mass is 219 g/mol. The molecule has 2 N–H and O–H groups in total. The van der Waals surface area contributed by atoms with E-state index in [2.05, 4.69) is 15.9 Å². The quantitative estimate of drug-likeness (QED) is 0.806. The number of carbonyl (C=O) groups is 1. The summed E-state index contributed by atoms with van der Waals surface area (Å²) in [5.74, 6) is -0.287. The van der Waals surface area contributed by atoms with Crippen LogP contribution in [0.2, 0.25) is 0 Å². The Morgan fingerprint density at radius 3 is 2.90 bits per heavy atom. The molecule has 0 bridgehead atoms. The first kappa shape index (κ1) is 7.75. The van der Waals surface area contributed by atoms with Crippen molar-refractivity contribution in [3.63, 3.8) is 0 Å². The van der Waals surface area contributed by atoms with Crippen molar-refractivity contribution in [1.82, 2.24) is 0 Å². The largest absolute Gasteiger partial charge is 0.369 e. The molecule has 0 aromatic carbocycles. The molecule has 0 aliphatic rings. The highest BCUT2D eigenvalue weighted by Crippen LogP contribution is 2.20. The van der Waals surface area contributed by atoms with Gasteiger partial charge in [0.2, 0.25) is 5.91 Å². The van der Waals surface area contributed by atoms with E-state index in [1.165, 1.54) is 0 Å². The Bertz CT molecular complexity index is 246. The maximum Gasteiger partial charge on any atom is 0.221 e. The van der Waals surface area contributed by atoms with E-state index in [0.29, 0.717) is 6.42 Å². The summed E-state index contributed by atoms with van der Waals surface area (Å²) in [4.78, 5) is 10.4. The molecule has 1 aromatic heterocycles. The number of halogens is 1. The molecule has 54 valence electrons. The minimum atomic E-state index is -0.287. The van der Waals surface area contributed by atoms with Crippen molar-refractivity contribution < 1.29 is 4.79 Å². The van der Waals surface area contributed by atoms with E-state index >= 15 is 0 Å². The number of primary amides is 1. The molecule has 0 saturated heterocycles. The SMILES string of the molecule is NC(=O)Cc1csc(Br)c1. The first-order valence-corrected chi connectivity index (χ1v) is 4.37. The molecule has 0 radical (unpaired) electrons. The van der Waals surface area contributed by atoms with Gasteiger partial charge in [-0.2, -0.15) is 0 Å². The van der Waals surface area contributed by atoms with Gasteiger partial charge in [0, 0.05) is 0 Å². The molecule has 0 unspecified atom stereocenters. The standard InChI is InChI=1S/C6H6BrNOS/c7-5-1-4(3-10-5)2-6(8)9/h1,3H,2H2,(H2,8,9). The van der Waals surface area contributed by atoms with Crippen LogP contribution in [0, 0.1) is 0 Å². The summed E-state index contributed by atoms with van der Waals surface area (Å²) in [6, 6.07) is 1.90. The Morgan fingerprint density at radius 1 is 1.80 bits per heavy atom. The van der Waals surface area contributed by atoms with Crippen LogP contribution in [0.15, 0.2) is 15.2 Å². The Kier molecular flexibility index (Phi) is 2.45. The molecule has 1 amide bonds. The van der Waals surface area contributed by atoms with Crippen LogP contribution in [-0.4, -0.2) is 5.91 Å². The predicted octanol–water partition coefficient (Wildman–Crippen LogP) is 1.54. The van der Waals surface area contributed by atoms with Crippen LogP contribution in [-0.2, 0) is 11.2 Å². The molecule has 4 heteroatoms. The molecule has 0 aliphatic carbocycles. The molecular weight excluding hydrogens is 214 g/mol. The average Bonchev–Trinajstić information content (AvgIpc) is 2.13. The van der Waals surface area contributed by atoms with Gasteiger partial charge >= 0.3 is 0 Å². The lowest BCUT2D eigenvalue weighted by Crippen LogP contribution is -2.12. The lowest BCUT2D eigenvalue weighted by molar-refractivity contribution is -0.117. The molecule has 0 aliphatic heterocycles. The first-order valence-electron chi connectivity index (χ1n) is 2.69. The molecule has 2 nitrogen and oxygen atoms in total. The fourth-order valence-electron chi connectivity index (χ4n) is 0.640. The Morgan fingerprint density at radius 2 is 2.50 bits per heavy atom. The van der Waals surface area contributed by atoms with E-state index in [9.17, 15) is 4.79 Å². The van der Waals surface area contributed by atoms with E-state index in [4.69, 9.17) is 5.73 Å². The van der Waals surface area contributed by atoms with Crippen molar-refractivity contribution >= 4 is 33.2 Å². The highest BCUT2D eigenvalue weighted by molar-refractivity contribution is 9.11. The zero-order chi connectivity index (χ0) is 7.56. The van der Waals surface area contributed by atoms with Gasteiger partial charge in [-0.05, 0) is 32.9 Å². The minimum Gasteiger partial charge on any atom is -0.369 e. The van der Waals surface area contributed by atoms with Crippen LogP contribution in [0.1, 0.15) is 5.56 Å². The van der Waals surface area contributed by atoms with Crippen LogP contribution in [0.3, 0.4) is 0 Å². The van der Waals surface area contributed by atoms with Crippen molar-refractivity contribution in [3.05, 3.63) is 20.8 Å². The Hall–Kier alpha value is -0.350. The molecule has 0 atom stereocenters. The maximum atomic E-state index is 10.4. The van der Waals surface area contributed by atoms with Crippen LogP contribution >= 0.6 is 27.3 Å². The highest BCUT2D eigenvalue weighted by Gasteiger charge is 1.99. The summed E-state index contributed by atoms with van der Waals surface area (Å²) in [6.45, 7) is 0. The number of nitrogens with two attached hydrogens (primary N) is 1. The molecule has 1 rings (SSSR count). The van der Waals surface area contributed by atoms with E-state index < -0.39 is 0 Å². The third-order valence-corrected chi connectivity index (χ3v) is 2.55. The minimum absolute atomic E-state index is 0.287. The van der Waals surface area contributed by atoms with Crippen molar-refractivity contribution in [2.24, 2.45) is 5.73 Å². The van der Waals surface area contributed by atoms with Crippen LogP contribution < -0.4 is 5.73 Å². The summed E-state index contributed by atoms with van der Waals surface area (Å²) in [7, 11) is 0. The van der Waals surface area contributed by atoms with Crippen molar-refractivity contribution in [3.8, 4) is 0 Å². The van der Waals surface area contributed by atoms with Crippen molar-refractivity contribution in [1.29, 1.82) is 0 Å². The van der Waals surface area contributed by atoms with Gasteiger partial charge in [-0.25, -0.2) is 0 Å². The number of rotatable bonds is 2. The maximum absolute atomic E-state index is 10.4. The Labute approximate surface area is 71.2 Å². The van der Waals surface area contributed by atoms with Gasteiger partial charge in [0.1, 0.15) is 0 Å². The van der Waals surface area contributed by atoms with E-state index in [-0.39, 0.29) is 5.91 Å². The molecule has 0 fully saturated rings. The van der Waals surface area contributed by atoms with Crippen molar-refractivity contribution in [2.45, 2.75) is 6.42 Å².